The number of nitrogens with zero attached hydrogens (tertiary/aromatic N) is 3. The number of rotatable bonds is 4. The van der Waals surface area contributed by atoms with Gasteiger partial charge in [0.25, 0.3) is 0 Å². The maximum atomic E-state index is 11.2. The van der Waals surface area contributed by atoms with E-state index in [0.717, 1.165) is 34.6 Å². The van der Waals surface area contributed by atoms with Gasteiger partial charge in [0.2, 0.25) is 0 Å². The molecule has 0 bridgehead atoms. The molecule has 27 heavy (non-hydrogen) atoms. The molecule has 0 amide bonds. The van der Waals surface area contributed by atoms with E-state index < -0.39 is 5.97 Å². The fourth-order valence-electron chi connectivity index (χ4n) is 3.65. The molecule has 0 fully saturated rings. The predicted octanol–water partition coefficient (Wildman–Crippen LogP) is 5.20. The second kappa shape index (κ2) is 7.27. The van der Waals surface area contributed by atoms with Crippen molar-refractivity contribution in [2.45, 2.75) is 52.5 Å². The first kappa shape index (κ1) is 17.9. The van der Waals surface area contributed by atoms with Crippen molar-refractivity contribution in [1.29, 1.82) is 0 Å². The molecule has 0 aliphatic heterocycles. The minimum Gasteiger partial charge on any atom is -0.476 e. The summed E-state index contributed by atoms with van der Waals surface area (Å²) in [6, 6.07) is 5.93. The number of carbonyl (C=O) groups is 1. The summed E-state index contributed by atoms with van der Waals surface area (Å²) in [5.74, 6) is -0.998. The fraction of sp³-hybridized carbons (Fsp3) is 0.381. The number of aromatic carboxylic acids is 1. The third-order valence-electron chi connectivity index (χ3n) is 5.05. The van der Waals surface area contributed by atoms with E-state index in [-0.39, 0.29) is 5.69 Å². The number of benzene rings is 1. The highest BCUT2D eigenvalue weighted by atomic mass is 32.1. The minimum atomic E-state index is -0.998. The fourth-order valence-corrected chi connectivity index (χ4v) is 4.83. The minimum absolute atomic E-state index is 0.0824. The summed E-state index contributed by atoms with van der Waals surface area (Å²) in [4.78, 5) is 16.2. The Morgan fingerprint density at radius 3 is 2.85 bits per heavy atom. The normalized spacial score (nSPS) is 15.0. The van der Waals surface area contributed by atoms with E-state index in [0.29, 0.717) is 6.54 Å². The molecule has 1 N–H and O–H groups in total. The summed E-state index contributed by atoms with van der Waals surface area (Å²) in [5, 5.41) is 14.5. The summed E-state index contributed by atoms with van der Waals surface area (Å²) in [5.41, 5.74) is 5.58. The van der Waals surface area contributed by atoms with Crippen LogP contribution in [-0.4, -0.2) is 25.8 Å². The molecule has 0 unspecified atom stereocenters. The van der Waals surface area contributed by atoms with Crippen molar-refractivity contribution in [3.05, 3.63) is 51.8 Å². The lowest BCUT2D eigenvalue weighted by molar-refractivity contribution is 0.0689. The molecule has 0 radical (unpaired) electrons. The van der Waals surface area contributed by atoms with Crippen LogP contribution in [0.25, 0.3) is 15.8 Å². The Bertz CT molecular complexity index is 1050. The van der Waals surface area contributed by atoms with E-state index in [9.17, 15) is 9.90 Å². The molecule has 2 aromatic heterocycles. The van der Waals surface area contributed by atoms with Crippen molar-refractivity contribution in [2.24, 2.45) is 0 Å². The molecule has 140 valence electrons. The first-order valence-electron chi connectivity index (χ1n) is 9.38. The van der Waals surface area contributed by atoms with Crippen LogP contribution in [0.5, 0.6) is 0 Å². The summed E-state index contributed by atoms with van der Waals surface area (Å²) in [7, 11) is 0. The van der Waals surface area contributed by atoms with Gasteiger partial charge in [-0.3, -0.25) is 4.68 Å². The maximum absolute atomic E-state index is 11.2. The van der Waals surface area contributed by atoms with Crippen LogP contribution in [0.4, 0.5) is 0 Å². The summed E-state index contributed by atoms with van der Waals surface area (Å²) >= 11 is 1.76. The summed E-state index contributed by atoms with van der Waals surface area (Å²) in [6.45, 7) is 4.50. The molecule has 4 rings (SSSR count). The van der Waals surface area contributed by atoms with Gasteiger partial charge < -0.3 is 5.11 Å². The van der Waals surface area contributed by atoms with E-state index in [4.69, 9.17) is 4.98 Å². The first-order valence-corrected chi connectivity index (χ1v) is 10.2. The van der Waals surface area contributed by atoms with E-state index in [1.807, 2.05) is 6.92 Å². The van der Waals surface area contributed by atoms with Gasteiger partial charge in [-0.1, -0.05) is 18.6 Å². The largest absolute Gasteiger partial charge is 0.476 e. The Morgan fingerprint density at radius 2 is 2.07 bits per heavy atom. The van der Waals surface area contributed by atoms with Crippen LogP contribution in [0, 0.1) is 13.8 Å². The third kappa shape index (κ3) is 3.67. The molecule has 0 saturated heterocycles. The van der Waals surface area contributed by atoms with Gasteiger partial charge in [0.1, 0.15) is 5.01 Å². The standard InChI is InChI=1S/C21H23N3O2S/c1-13-9-16(12-24-14(2)11-17(23-24)21(25)26)19-18(10-13)27-20(22-19)15-7-5-3-4-6-8-15/h7,9-11H,3-6,8,12H2,1-2H3,(H,25,26). The number of fused-ring (bicyclic) bond motifs is 1. The SMILES string of the molecule is Cc1cc(Cn2nc(C(=O)O)cc2C)c2nc(C3=CCCCCC3)sc2c1. The molecule has 1 aliphatic rings. The zero-order chi connectivity index (χ0) is 19.0. The lowest BCUT2D eigenvalue weighted by Gasteiger charge is -2.07. The highest BCUT2D eigenvalue weighted by molar-refractivity contribution is 7.19. The smallest absolute Gasteiger partial charge is 0.356 e. The average Bonchev–Trinajstić information content (AvgIpc) is 3.09. The zero-order valence-electron chi connectivity index (χ0n) is 15.7. The van der Waals surface area contributed by atoms with E-state index >= 15 is 0 Å². The lowest BCUT2D eigenvalue weighted by Crippen LogP contribution is -2.06. The number of aryl methyl sites for hydroxylation is 2. The Labute approximate surface area is 162 Å². The van der Waals surface area contributed by atoms with Crippen LogP contribution in [0.15, 0.2) is 24.3 Å². The molecule has 6 heteroatoms. The highest BCUT2D eigenvalue weighted by Crippen LogP contribution is 2.34. The van der Waals surface area contributed by atoms with Gasteiger partial charge in [0.15, 0.2) is 5.69 Å². The van der Waals surface area contributed by atoms with Gasteiger partial charge >= 0.3 is 5.97 Å². The van der Waals surface area contributed by atoms with Gasteiger partial charge in [-0.2, -0.15) is 5.10 Å². The van der Waals surface area contributed by atoms with Crippen LogP contribution < -0.4 is 0 Å². The van der Waals surface area contributed by atoms with Crippen LogP contribution in [0.1, 0.15) is 64.4 Å². The van der Waals surface area contributed by atoms with E-state index in [2.05, 4.69) is 30.2 Å². The number of hydrogen-bond acceptors (Lipinski definition) is 4. The van der Waals surface area contributed by atoms with Crippen molar-refractivity contribution in [3.63, 3.8) is 0 Å². The number of carboxylic acids is 1. The molecule has 0 spiro atoms. The molecule has 3 aromatic rings. The maximum Gasteiger partial charge on any atom is 0.356 e. The molecular formula is C21H23N3O2S. The van der Waals surface area contributed by atoms with Crippen LogP contribution in [-0.2, 0) is 6.54 Å². The molecule has 0 atom stereocenters. The number of aromatic nitrogens is 3. The Hall–Kier alpha value is -2.47. The van der Waals surface area contributed by atoms with Crippen LogP contribution in [0.3, 0.4) is 0 Å². The Kier molecular flexibility index (Phi) is 4.83. The monoisotopic (exact) mass is 381 g/mol. The molecule has 1 aliphatic carbocycles. The zero-order valence-corrected chi connectivity index (χ0v) is 16.5. The van der Waals surface area contributed by atoms with Crippen LogP contribution >= 0.6 is 11.3 Å². The van der Waals surface area contributed by atoms with Crippen molar-refractivity contribution in [2.75, 3.05) is 0 Å². The van der Waals surface area contributed by atoms with Gasteiger partial charge in [-0.15, -0.1) is 11.3 Å². The summed E-state index contributed by atoms with van der Waals surface area (Å²) < 4.78 is 2.94. The number of thiazole rings is 1. The van der Waals surface area contributed by atoms with Gasteiger partial charge in [0.05, 0.1) is 16.8 Å². The second-order valence-corrected chi connectivity index (χ2v) is 8.28. The quantitative estimate of drug-likeness (QED) is 0.674. The number of carboxylic acid groups (broad SMARTS) is 1. The molecule has 0 saturated carbocycles. The van der Waals surface area contributed by atoms with Crippen molar-refractivity contribution in [1.82, 2.24) is 14.8 Å². The Morgan fingerprint density at radius 1 is 1.22 bits per heavy atom. The summed E-state index contributed by atoms with van der Waals surface area (Å²) in [6.07, 6.45) is 8.39. The van der Waals surface area contributed by atoms with Gasteiger partial charge in [-0.05, 0) is 62.8 Å². The van der Waals surface area contributed by atoms with E-state index in [1.165, 1.54) is 35.1 Å². The number of hydrogen-bond donors (Lipinski definition) is 1. The lowest BCUT2D eigenvalue weighted by atomic mass is 10.1. The van der Waals surface area contributed by atoms with Crippen molar-refractivity contribution >= 4 is 33.1 Å². The third-order valence-corrected chi connectivity index (χ3v) is 6.13. The molecule has 2 heterocycles. The Balaban J connectivity index is 1.74. The van der Waals surface area contributed by atoms with Crippen LogP contribution in [0.2, 0.25) is 0 Å². The van der Waals surface area contributed by atoms with Crippen molar-refractivity contribution < 1.29 is 9.90 Å². The first-order chi connectivity index (χ1) is 13.0. The van der Waals surface area contributed by atoms with Crippen molar-refractivity contribution in [3.8, 4) is 0 Å². The predicted molar refractivity (Wildman–Crippen MR) is 108 cm³/mol. The molecule has 5 nitrogen and oxygen atoms in total. The highest BCUT2D eigenvalue weighted by Gasteiger charge is 2.16. The number of allylic oxidation sites excluding steroid dienone is 2. The van der Waals surface area contributed by atoms with Gasteiger partial charge in [-0.25, -0.2) is 9.78 Å². The second-order valence-electron chi connectivity index (χ2n) is 7.25. The molecule has 1 aromatic carbocycles. The topological polar surface area (TPSA) is 68.0 Å². The van der Waals surface area contributed by atoms with E-state index in [1.54, 1.807) is 22.1 Å². The van der Waals surface area contributed by atoms with Gasteiger partial charge in [0, 0.05) is 11.3 Å². The molecular weight excluding hydrogens is 358 g/mol. The average molecular weight is 382 g/mol.